The van der Waals surface area contributed by atoms with Crippen molar-refractivity contribution in [3.05, 3.63) is 53.6 Å². The van der Waals surface area contributed by atoms with E-state index in [1.54, 1.807) is 31.5 Å². The molecule has 0 saturated carbocycles. The highest BCUT2D eigenvalue weighted by atomic mass is 16.5. The van der Waals surface area contributed by atoms with Crippen LogP contribution >= 0.6 is 0 Å². The summed E-state index contributed by atoms with van der Waals surface area (Å²) in [6.45, 7) is 3.94. The number of hydrazone groups is 1. The number of benzene rings is 2. The van der Waals surface area contributed by atoms with Gasteiger partial charge in [-0.05, 0) is 61.9 Å². The lowest BCUT2D eigenvalue weighted by atomic mass is 10.2. The van der Waals surface area contributed by atoms with Gasteiger partial charge in [0.25, 0.3) is 5.91 Å². The molecular weight excluding hydrogens is 320 g/mol. The average Bonchev–Trinajstić information content (AvgIpc) is 2.62. The molecule has 0 atom stereocenters. The zero-order valence-electron chi connectivity index (χ0n) is 14.8. The number of nitrogens with zero attached hydrogens (tertiary/aromatic N) is 1. The first kappa shape index (κ1) is 18.3. The number of nitrogens with one attached hydrogen (secondary N) is 1. The molecule has 0 aliphatic heterocycles. The first-order valence-electron chi connectivity index (χ1n) is 7.85. The second-order valence-electron chi connectivity index (χ2n) is 5.50. The van der Waals surface area contributed by atoms with Crippen molar-refractivity contribution in [2.75, 3.05) is 14.2 Å². The van der Waals surface area contributed by atoms with Crippen LogP contribution < -0.4 is 19.6 Å². The highest BCUT2D eigenvalue weighted by Crippen LogP contribution is 2.27. The number of hydrogen-bond donors (Lipinski definition) is 1. The van der Waals surface area contributed by atoms with E-state index in [4.69, 9.17) is 14.2 Å². The van der Waals surface area contributed by atoms with Crippen LogP contribution in [0.25, 0.3) is 0 Å². The number of carbonyl (C=O) groups is 1. The Morgan fingerprint density at radius 1 is 1.04 bits per heavy atom. The third-order valence-electron chi connectivity index (χ3n) is 3.28. The highest BCUT2D eigenvalue weighted by Gasteiger charge is 2.09. The highest BCUT2D eigenvalue weighted by molar-refractivity contribution is 5.95. The van der Waals surface area contributed by atoms with E-state index in [2.05, 4.69) is 10.5 Å². The Bertz CT molecular complexity index is 740. The summed E-state index contributed by atoms with van der Waals surface area (Å²) in [7, 11) is 3.06. The Labute approximate surface area is 147 Å². The van der Waals surface area contributed by atoms with Crippen molar-refractivity contribution in [1.82, 2.24) is 5.43 Å². The molecule has 0 radical (unpaired) electrons. The van der Waals surface area contributed by atoms with E-state index in [1.165, 1.54) is 7.11 Å². The minimum atomic E-state index is -0.336. The predicted octanol–water partition coefficient (Wildman–Crippen LogP) is 3.25. The van der Waals surface area contributed by atoms with Gasteiger partial charge in [-0.2, -0.15) is 5.10 Å². The van der Waals surface area contributed by atoms with Gasteiger partial charge in [-0.15, -0.1) is 0 Å². The van der Waals surface area contributed by atoms with Gasteiger partial charge in [0, 0.05) is 5.56 Å². The number of hydrogen-bond acceptors (Lipinski definition) is 5. The third-order valence-corrected chi connectivity index (χ3v) is 3.28. The average molecular weight is 342 g/mol. The molecule has 0 fully saturated rings. The lowest BCUT2D eigenvalue weighted by Crippen LogP contribution is -2.17. The molecule has 1 amide bonds. The van der Waals surface area contributed by atoms with Gasteiger partial charge in [0.05, 0.1) is 26.5 Å². The maximum absolute atomic E-state index is 12.1. The summed E-state index contributed by atoms with van der Waals surface area (Å²) < 4.78 is 15.9. The van der Waals surface area contributed by atoms with Crippen LogP contribution in [0.3, 0.4) is 0 Å². The van der Waals surface area contributed by atoms with Crippen LogP contribution in [0.5, 0.6) is 17.2 Å². The quantitative estimate of drug-likeness (QED) is 0.619. The van der Waals surface area contributed by atoms with E-state index in [1.807, 2.05) is 38.1 Å². The van der Waals surface area contributed by atoms with Crippen molar-refractivity contribution in [3.63, 3.8) is 0 Å². The zero-order chi connectivity index (χ0) is 18.2. The number of methoxy groups -OCH3 is 2. The molecule has 0 aliphatic carbocycles. The molecule has 25 heavy (non-hydrogen) atoms. The summed E-state index contributed by atoms with van der Waals surface area (Å²) in [6, 6.07) is 12.4. The van der Waals surface area contributed by atoms with Gasteiger partial charge >= 0.3 is 0 Å². The van der Waals surface area contributed by atoms with Crippen molar-refractivity contribution in [1.29, 1.82) is 0 Å². The summed E-state index contributed by atoms with van der Waals surface area (Å²) in [4.78, 5) is 12.1. The summed E-state index contributed by atoms with van der Waals surface area (Å²) in [5.41, 5.74) is 3.76. The molecule has 2 aromatic carbocycles. The van der Waals surface area contributed by atoms with E-state index in [9.17, 15) is 4.79 Å². The zero-order valence-corrected chi connectivity index (χ0v) is 14.8. The lowest BCUT2D eigenvalue weighted by Gasteiger charge is -2.09. The van der Waals surface area contributed by atoms with Gasteiger partial charge in [0.1, 0.15) is 5.75 Å². The molecular formula is C19H22N2O4. The van der Waals surface area contributed by atoms with Crippen LogP contribution in [-0.4, -0.2) is 32.4 Å². The van der Waals surface area contributed by atoms with Crippen molar-refractivity contribution in [3.8, 4) is 17.2 Å². The first-order chi connectivity index (χ1) is 12.0. The Kier molecular flexibility index (Phi) is 6.39. The fourth-order valence-corrected chi connectivity index (χ4v) is 2.11. The molecule has 0 aliphatic rings. The summed E-state index contributed by atoms with van der Waals surface area (Å²) in [6.07, 6.45) is 1.69. The Hall–Kier alpha value is -3.02. The minimum absolute atomic E-state index is 0.125. The fourth-order valence-electron chi connectivity index (χ4n) is 2.11. The molecule has 0 unspecified atom stereocenters. The van der Waals surface area contributed by atoms with Crippen molar-refractivity contribution < 1.29 is 19.0 Å². The van der Waals surface area contributed by atoms with Gasteiger partial charge in [-0.25, -0.2) is 5.43 Å². The van der Waals surface area contributed by atoms with Crippen LogP contribution in [-0.2, 0) is 0 Å². The Balaban J connectivity index is 1.98. The third kappa shape index (κ3) is 5.24. The molecule has 0 saturated heterocycles. The molecule has 0 heterocycles. The molecule has 1 N–H and O–H groups in total. The van der Waals surface area contributed by atoms with Gasteiger partial charge in [0.15, 0.2) is 11.5 Å². The second-order valence-corrected chi connectivity index (χ2v) is 5.50. The maximum Gasteiger partial charge on any atom is 0.271 e. The van der Waals surface area contributed by atoms with Crippen molar-refractivity contribution in [2.24, 2.45) is 5.10 Å². The summed E-state index contributed by atoms with van der Waals surface area (Å²) >= 11 is 0. The molecule has 2 aromatic rings. The van der Waals surface area contributed by atoms with Crippen LogP contribution in [0.2, 0.25) is 0 Å². The standard InChI is InChI=1S/C19H22N2O4/c1-13(2)25-16-8-5-14(6-9-16)12-20-21-19(22)15-7-10-17(23-3)18(11-15)24-4/h5-13H,1-4H3,(H,21,22). The van der Waals surface area contributed by atoms with Crippen LogP contribution in [0.15, 0.2) is 47.6 Å². The molecule has 6 heteroatoms. The van der Waals surface area contributed by atoms with Gasteiger partial charge in [-0.1, -0.05) is 0 Å². The number of rotatable bonds is 7. The van der Waals surface area contributed by atoms with Crippen LogP contribution in [0, 0.1) is 0 Å². The molecule has 0 spiro atoms. The molecule has 0 bridgehead atoms. The van der Waals surface area contributed by atoms with Crippen molar-refractivity contribution in [2.45, 2.75) is 20.0 Å². The lowest BCUT2D eigenvalue weighted by molar-refractivity contribution is 0.0954. The Morgan fingerprint density at radius 3 is 2.32 bits per heavy atom. The first-order valence-corrected chi connectivity index (χ1v) is 7.85. The van der Waals surface area contributed by atoms with E-state index in [0.29, 0.717) is 17.1 Å². The molecule has 132 valence electrons. The number of ether oxygens (including phenoxy) is 3. The monoisotopic (exact) mass is 342 g/mol. The van der Waals surface area contributed by atoms with Crippen molar-refractivity contribution >= 4 is 12.1 Å². The van der Waals surface area contributed by atoms with Crippen LogP contribution in [0.4, 0.5) is 0 Å². The molecule has 6 nitrogen and oxygen atoms in total. The largest absolute Gasteiger partial charge is 0.493 e. The fraction of sp³-hybridized carbons (Fsp3) is 0.263. The summed E-state index contributed by atoms with van der Waals surface area (Å²) in [5, 5.41) is 3.97. The SMILES string of the molecule is COc1ccc(C(=O)NN=Cc2ccc(OC(C)C)cc2)cc1OC. The van der Waals surface area contributed by atoms with E-state index in [-0.39, 0.29) is 12.0 Å². The summed E-state index contributed by atoms with van der Waals surface area (Å²) in [5.74, 6) is 1.50. The predicted molar refractivity (Wildman–Crippen MR) is 96.8 cm³/mol. The number of carbonyl (C=O) groups excluding carboxylic acids is 1. The van der Waals surface area contributed by atoms with E-state index >= 15 is 0 Å². The number of amides is 1. The molecule has 0 aromatic heterocycles. The normalized spacial score (nSPS) is 10.8. The van der Waals surface area contributed by atoms with Gasteiger partial charge < -0.3 is 14.2 Å². The van der Waals surface area contributed by atoms with E-state index < -0.39 is 0 Å². The van der Waals surface area contributed by atoms with Crippen LogP contribution in [0.1, 0.15) is 29.8 Å². The topological polar surface area (TPSA) is 69.2 Å². The Morgan fingerprint density at radius 2 is 1.72 bits per heavy atom. The van der Waals surface area contributed by atoms with E-state index in [0.717, 1.165) is 11.3 Å². The second kappa shape index (κ2) is 8.73. The molecule has 2 rings (SSSR count). The van der Waals surface area contributed by atoms with Gasteiger partial charge in [0.2, 0.25) is 0 Å². The van der Waals surface area contributed by atoms with Gasteiger partial charge in [-0.3, -0.25) is 4.79 Å². The maximum atomic E-state index is 12.1. The minimum Gasteiger partial charge on any atom is -0.493 e. The smallest absolute Gasteiger partial charge is 0.271 e.